The van der Waals surface area contributed by atoms with Gasteiger partial charge in [-0.15, -0.1) is 0 Å². The smallest absolute Gasteiger partial charge is 0.147 e. The zero-order valence-corrected chi connectivity index (χ0v) is 15.0. The Balaban J connectivity index is 1.37. The van der Waals surface area contributed by atoms with E-state index in [2.05, 4.69) is 4.90 Å². The van der Waals surface area contributed by atoms with Crippen LogP contribution in [-0.2, 0) is 14.2 Å². The topological polar surface area (TPSA) is 71.4 Å². The highest BCUT2D eigenvalue weighted by atomic mass is 16.7. The van der Waals surface area contributed by atoms with E-state index < -0.39 is 0 Å². The first kappa shape index (κ1) is 16.9. The average Bonchev–Trinajstić information content (AvgIpc) is 3.07. The van der Waals surface area contributed by atoms with Crippen molar-refractivity contribution in [3.8, 4) is 0 Å². The van der Waals surface area contributed by atoms with Gasteiger partial charge in [-0.3, -0.25) is 4.90 Å². The zero-order chi connectivity index (χ0) is 17.1. The first-order valence-corrected chi connectivity index (χ1v) is 10.0. The third-order valence-corrected chi connectivity index (χ3v) is 7.92. The fourth-order valence-corrected chi connectivity index (χ4v) is 6.73. The summed E-state index contributed by atoms with van der Waals surface area (Å²) in [6.45, 7) is 2.10. The van der Waals surface area contributed by atoms with Gasteiger partial charge in [-0.1, -0.05) is 0 Å². The van der Waals surface area contributed by atoms with E-state index in [0.717, 1.165) is 38.8 Å². The molecule has 3 saturated heterocycles. The molecule has 0 aromatic carbocycles. The molecule has 9 unspecified atom stereocenters. The van der Waals surface area contributed by atoms with Gasteiger partial charge in [0, 0.05) is 32.2 Å². The van der Waals surface area contributed by atoms with Crippen LogP contribution in [-0.4, -0.2) is 78.7 Å². The lowest BCUT2D eigenvalue weighted by molar-refractivity contribution is -0.160. The molecule has 0 radical (unpaired) electrons. The lowest BCUT2D eigenvalue weighted by Crippen LogP contribution is -2.65. The molecule has 0 bridgehead atoms. The summed E-state index contributed by atoms with van der Waals surface area (Å²) in [4.78, 5) is 2.49. The monoisotopic (exact) mass is 353 g/mol. The zero-order valence-electron chi connectivity index (χ0n) is 15.0. The standard InChI is InChI=1S/C19H31NO5/c1-23-19-13-7-20-8-16(22)12-6-18-17(24-9-25-18)5-11(12)14(20)4-10(13)2-3-15(19)21/h10-19,21-22H,2-9H2,1H3/t10?,11?,12?,13?,14?,15?,16-,17?,18?,19?/m0/s1. The minimum atomic E-state index is -0.343. The summed E-state index contributed by atoms with van der Waals surface area (Å²) >= 11 is 0. The van der Waals surface area contributed by atoms with Crippen LogP contribution < -0.4 is 0 Å². The van der Waals surface area contributed by atoms with Gasteiger partial charge in [0.25, 0.3) is 0 Å². The second-order valence-corrected chi connectivity index (χ2v) is 8.92. The Labute approximate surface area is 149 Å². The van der Waals surface area contributed by atoms with Gasteiger partial charge in [0.15, 0.2) is 0 Å². The molecule has 142 valence electrons. The largest absolute Gasteiger partial charge is 0.391 e. The molecule has 6 heteroatoms. The van der Waals surface area contributed by atoms with Gasteiger partial charge in [0.05, 0.1) is 30.5 Å². The van der Waals surface area contributed by atoms with E-state index in [9.17, 15) is 10.2 Å². The van der Waals surface area contributed by atoms with Crippen molar-refractivity contribution in [1.82, 2.24) is 4.90 Å². The number of aliphatic hydroxyl groups is 2. The van der Waals surface area contributed by atoms with Crippen molar-refractivity contribution in [2.24, 2.45) is 23.7 Å². The highest BCUT2D eigenvalue weighted by Gasteiger charge is 2.54. The van der Waals surface area contributed by atoms with E-state index >= 15 is 0 Å². The molecule has 0 spiro atoms. The minimum absolute atomic E-state index is 0.0585. The van der Waals surface area contributed by atoms with Crippen LogP contribution in [0, 0.1) is 23.7 Å². The normalized spacial score (nSPS) is 55.8. The van der Waals surface area contributed by atoms with E-state index in [1.165, 1.54) is 6.42 Å². The third kappa shape index (κ3) is 2.68. The number of nitrogens with zero attached hydrogens (tertiary/aromatic N) is 1. The van der Waals surface area contributed by atoms with Gasteiger partial charge in [-0.2, -0.15) is 0 Å². The Bertz CT molecular complexity index is 504. The summed E-state index contributed by atoms with van der Waals surface area (Å²) < 4.78 is 17.2. The predicted molar refractivity (Wildman–Crippen MR) is 89.8 cm³/mol. The summed E-state index contributed by atoms with van der Waals surface area (Å²) in [6, 6.07) is 0.535. The minimum Gasteiger partial charge on any atom is -0.391 e. The molecule has 2 aliphatic carbocycles. The van der Waals surface area contributed by atoms with Crippen LogP contribution in [0.25, 0.3) is 0 Å². The third-order valence-electron chi connectivity index (χ3n) is 7.92. The summed E-state index contributed by atoms with van der Waals surface area (Å²) in [5.41, 5.74) is 0. The van der Waals surface area contributed by atoms with Gasteiger partial charge in [0.2, 0.25) is 0 Å². The Morgan fingerprint density at radius 3 is 2.40 bits per heavy atom. The summed E-state index contributed by atoms with van der Waals surface area (Å²) in [5.74, 6) is 1.86. The number of piperidine rings is 2. The summed E-state index contributed by atoms with van der Waals surface area (Å²) in [7, 11) is 1.72. The number of ether oxygens (including phenoxy) is 3. The van der Waals surface area contributed by atoms with Crippen LogP contribution in [0.15, 0.2) is 0 Å². The van der Waals surface area contributed by atoms with Crippen molar-refractivity contribution in [3.05, 3.63) is 0 Å². The highest BCUT2D eigenvalue weighted by Crippen LogP contribution is 2.49. The van der Waals surface area contributed by atoms with E-state index in [4.69, 9.17) is 14.2 Å². The number of rotatable bonds is 1. The van der Waals surface area contributed by atoms with Gasteiger partial charge in [-0.25, -0.2) is 0 Å². The number of hydrogen-bond acceptors (Lipinski definition) is 6. The number of hydrogen-bond donors (Lipinski definition) is 2. The maximum absolute atomic E-state index is 10.8. The van der Waals surface area contributed by atoms with Crippen LogP contribution in [0.1, 0.15) is 32.1 Å². The molecule has 0 aromatic heterocycles. The molecular weight excluding hydrogens is 322 g/mol. The molecule has 3 heterocycles. The SMILES string of the molecule is COC1C(O)CCC2CC3C4CC5OCOC5CC4[C@@H](O)CN3CC21. The van der Waals surface area contributed by atoms with Crippen LogP contribution in [0.2, 0.25) is 0 Å². The molecule has 5 rings (SSSR count). The van der Waals surface area contributed by atoms with E-state index in [1.807, 2.05) is 0 Å². The molecule has 6 nitrogen and oxygen atoms in total. The maximum atomic E-state index is 10.8. The van der Waals surface area contributed by atoms with Crippen LogP contribution in [0.5, 0.6) is 0 Å². The fourth-order valence-electron chi connectivity index (χ4n) is 6.73. The Morgan fingerprint density at radius 2 is 1.64 bits per heavy atom. The highest BCUT2D eigenvalue weighted by molar-refractivity contribution is 5.06. The summed E-state index contributed by atoms with van der Waals surface area (Å²) in [6.07, 6.45) is 4.79. The molecular formula is C19H31NO5. The van der Waals surface area contributed by atoms with Crippen molar-refractivity contribution >= 4 is 0 Å². The quantitative estimate of drug-likeness (QED) is 0.720. The van der Waals surface area contributed by atoms with Crippen molar-refractivity contribution in [2.75, 3.05) is 27.0 Å². The Kier molecular flexibility index (Phi) is 4.34. The van der Waals surface area contributed by atoms with E-state index in [1.54, 1.807) is 7.11 Å². The Hall–Kier alpha value is -0.240. The van der Waals surface area contributed by atoms with Crippen molar-refractivity contribution in [3.63, 3.8) is 0 Å². The van der Waals surface area contributed by atoms with Crippen LogP contribution >= 0.6 is 0 Å². The number of aliphatic hydroxyl groups excluding tert-OH is 2. The molecule has 2 saturated carbocycles. The van der Waals surface area contributed by atoms with Crippen molar-refractivity contribution in [2.45, 2.75) is 68.7 Å². The molecule has 0 amide bonds. The fraction of sp³-hybridized carbons (Fsp3) is 1.00. The number of fused-ring (bicyclic) bond motifs is 5. The second kappa shape index (κ2) is 6.43. The van der Waals surface area contributed by atoms with Gasteiger partial charge in [-0.05, 0) is 49.9 Å². The molecule has 5 aliphatic rings. The van der Waals surface area contributed by atoms with Crippen molar-refractivity contribution < 1.29 is 24.4 Å². The van der Waals surface area contributed by atoms with Gasteiger partial charge >= 0.3 is 0 Å². The molecule has 5 fully saturated rings. The van der Waals surface area contributed by atoms with Crippen LogP contribution in [0.3, 0.4) is 0 Å². The predicted octanol–water partition coefficient (Wildman–Crippen LogP) is 0.605. The van der Waals surface area contributed by atoms with Crippen molar-refractivity contribution in [1.29, 1.82) is 0 Å². The van der Waals surface area contributed by atoms with Gasteiger partial charge < -0.3 is 24.4 Å². The first-order valence-electron chi connectivity index (χ1n) is 10.0. The summed E-state index contributed by atoms with van der Waals surface area (Å²) in [5, 5.41) is 21.1. The average molecular weight is 353 g/mol. The Morgan fingerprint density at radius 1 is 0.880 bits per heavy atom. The second-order valence-electron chi connectivity index (χ2n) is 8.92. The van der Waals surface area contributed by atoms with Gasteiger partial charge in [0.1, 0.15) is 6.79 Å². The molecule has 2 N–H and O–H groups in total. The lowest BCUT2D eigenvalue weighted by Gasteiger charge is -2.58. The first-order chi connectivity index (χ1) is 12.2. The van der Waals surface area contributed by atoms with E-state index in [-0.39, 0.29) is 30.5 Å². The molecule has 0 aromatic rings. The van der Waals surface area contributed by atoms with Crippen LogP contribution in [0.4, 0.5) is 0 Å². The lowest BCUT2D eigenvalue weighted by atomic mass is 9.61. The molecule has 3 aliphatic heterocycles. The van der Waals surface area contributed by atoms with E-state index in [0.29, 0.717) is 36.5 Å². The number of methoxy groups -OCH3 is 1. The molecule has 25 heavy (non-hydrogen) atoms. The maximum Gasteiger partial charge on any atom is 0.147 e. The molecule has 10 atom stereocenters.